The maximum Gasteiger partial charge on any atom is 0.174 e. The highest BCUT2D eigenvalue weighted by molar-refractivity contribution is 5.69. The van der Waals surface area contributed by atoms with Crippen molar-refractivity contribution in [2.75, 3.05) is 7.11 Å². The lowest BCUT2D eigenvalue weighted by molar-refractivity contribution is 0.413. The first-order valence-electron chi connectivity index (χ1n) is 9.98. The molecule has 2 aromatic carbocycles. The first-order valence-corrected chi connectivity index (χ1v) is 9.98. The number of methoxy groups -OCH3 is 1. The van der Waals surface area contributed by atoms with Crippen molar-refractivity contribution in [2.24, 2.45) is 7.05 Å². The maximum absolute atomic E-state index is 13.2. The SMILES string of the molecule is COc1cc(C=Cc2nc(C(C)c3ccc(F)cc3)n(C)n2)ccc1-n1cnc(C)c1. The van der Waals surface area contributed by atoms with Crippen LogP contribution < -0.4 is 4.74 Å². The lowest BCUT2D eigenvalue weighted by atomic mass is 10.0. The third kappa shape index (κ3) is 4.40. The fourth-order valence-electron chi connectivity index (χ4n) is 3.50. The first-order chi connectivity index (χ1) is 14.9. The van der Waals surface area contributed by atoms with Gasteiger partial charge < -0.3 is 9.30 Å². The van der Waals surface area contributed by atoms with Gasteiger partial charge in [0.05, 0.1) is 24.8 Å². The van der Waals surface area contributed by atoms with Gasteiger partial charge in [0.15, 0.2) is 5.82 Å². The highest BCUT2D eigenvalue weighted by Crippen LogP contribution is 2.26. The molecule has 0 saturated carbocycles. The Morgan fingerprint density at radius 1 is 1.10 bits per heavy atom. The van der Waals surface area contributed by atoms with Crippen molar-refractivity contribution in [3.63, 3.8) is 0 Å². The van der Waals surface area contributed by atoms with Crippen molar-refractivity contribution >= 4 is 12.2 Å². The monoisotopic (exact) mass is 417 g/mol. The second kappa shape index (κ2) is 8.55. The summed E-state index contributed by atoms with van der Waals surface area (Å²) in [5.41, 5.74) is 3.82. The van der Waals surface area contributed by atoms with Gasteiger partial charge in [0.1, 0.15) is 17.4 Å². The second-order valence-electron chi connectivity index (χ2n) is 7.41. The Morgan fingerprint density at radius 2 is 1.87 bits per heavy atom. The number of rotatable bonds is 6. The number of ether oxygens (including phenoxy) is 1. The molecule has 0 amide bonds. The Morgan fingerprint density at radius 3 is 2.55 bits per heavy atom. The van der Waals surface area contributed by atoms with Gasteiger partial charge in [-0.25, -0.2) is 14.4 Å². The molecule has 0 bridgehead atoms. The summed E-state index contributed by atoms with van der Waals surface area (Å²) < 4.78 is 22.5. The van der Waals surface area contributed by atoms with Crippen LogP contribution in [0.15, 0.2) is 55.0 Å². The highest BCUT2D eigenvalue weighted by Gasteiger charge is 2.15. The molecule has 4 aromatic rings. The van der Waals surface area contributed by atoms with Crippen molar-refractivity contribution in [3.8, 4) is 11.4 Å². The number of hydrogen-bond donors (Lipinski definition) is 0. The highest BCUT2D eigenvalue weighted by atomic mass is 19.1. The van der Waals surface area contributed by atoms with E-state index in [0.717, 1.165) is 34.1 Å². The van der Waals surface area contributed by atoms with Crippen molar-refractivity contribution < 1.29 is 9.13 Å². The number of hydrogen-bond acceptors (Lipinski definition) is 4. The van der Waals surface area contributed by atoms with E-state index >= 15 is 0 Å². The van der Waals surface area contributed by atoms with E-state index in [9.17, 15) is 4.39 Å². The fraction of sp³-hybridized carbons (Fsp3) is 0.208. The summed E-state index contributed by atoms with van der Waals surface area (Å²) in [6, 6.07) is 12.4. The molecule has 4 rings (SSSR count). The van der Waals surface area contributed by atoms with E-state index in [2.05, 4.69) is 15.1 Å². The smallest absolute Gasteiger partial charge is 0.174 e. The standard InChI is InChI=1S/C24H24FN5O/c1-16-14-30(15-26-16)21-11-5-18(13-22(21)31-4)6-12-23-27-24(29(3)28-23)17(2)19-7-9-20(25)10-8-19/h5-15,17H,1-4H3. The predicted molar refractivity (Wildman–Crippen MR) is 119 cm³/mol. The molecule has 0 aliphatic heterocycles. The number of aromatic nitrogens is 5. The molecule has 6 nitrogen and oxygen atoms in total. The summed E-state index contributed by atoms with van der Waals surface area (Å²) in [5, 5.41) is 4.50. The Labute approximate surface area is 180 Å². The van der Waals surface area contributed by atoms with Crippen LogP contribution >= 0.6 is 0 Å². The molecule has 1 atom stereocenters. The fourth-order valence-corrected chi connectivity index (χ4v) is 3.50. The average molecular weight is 417 g/mol. The van der Waals surface area contributed by atoms with Crippen molar-refractivity contribution in [1.82, 2.24) is 24.3 Å². The van der Waals surface area contributed by atoms with E-state index in [1.54, 1.807) is 30.3 Å². The Balaban J connectivity index is 1.56. The predicted octanol–water partition coefficient (Wildman–Crippen LogP) is 4.78. The zero-order valence-corrected chi connectivity index (χ0v) is 18.0. The van der Waals surface area contributed by atoms with Gasteiger partial charge in [-0.15, -0.1) is 0 Å². The largest absolute Gasteiger partial charge is 0.495 e. The van der Waals surface area contributed by atoms with Crippen LogP contribution in [0.4, 0.5) is 4.39 Å². The first kappa shape index (κ1) is 20.5. The molecule has 0 saturated heterocycles. The van der Waals surface area contributed by atoms with Crippen molar-refractivity contribution in [3.05, 3.63) is 89.3 Å². The van der Waals surface area contributed by atoms with Gasteiger partial charge in [-0.3, -0.25) is 4.68 Å². The lowest BCUT2D eigenvalue weighted by Gasteiger charge is -2.10. The second-order valence-corrected chi connectivity index (χ2v) is 7.41. The molecular weight excluding hydrogens is 393 g/mol. The summed E-state index contributed by atoms with van der Waals surface area (Å²) in [6.07, 6.45) is 7.54. The topological polar surface area (TPSA) is 57.8 Å². The molecule has 2 aromatic heterocycles. The minimum Gasteiger partial charge on any atom is -0.495 e. The van der Waals surface area contributed by atoms with Gasteiger partial charge in [-0.1, -0.05) is 31.2 Å². The van der Waals surface area contributed by atoms with Crippen LogP contribution in [-0.4, -0.2) is 31.4 Å². The molecule has 0 aliphatic carbocycles. The van der Waals surface area contributed by atoms with Crippen LogP contribution in [0.5, 0.6) is 5.75 Å². The average Bonchev–Trinajstić information content (AvgIpc) is 3.37. The third-order valence-corrected chi connectivity index (χ3v) is 5.19. The van der Waals surface area contributed by atoms with Crippen LogP contribution in [-0.2, 0) is 7.05 Å². The van der Waals surface area contributed by atoms with Crippen LogP contribution in [0, 0.1) is 12.7 Å². The van der Waals surface area contributed by atoms with Gasteiger partial charge in [0, 0.05) is 19.2 Å². The molecule has 158 valence electrons. The van der Waals surface area contributed by atoms with Gasteiger partial charge >= 0.3 is 0 Å². The quantitative estimate of drug-likeness (QED) is 0.453. The van der Waals surface area contributed by atoms with E-state index in [1.165, 1.54) is 12.1 Å². The molecule has 0 radical (unpaired) electrons. The Hall–Kier alpha value is -3.74. The summed E-state index contributed by atoms with van der Waals surface area (Å²) in [6.45, 7) is 3.98. The molecule has 1 unspecified atom stereocenters. The molecule has 0 spiro atoms. The van der Waals surface area contributed by atoms with E-state index in [0.29, 0.717) is 5.82 Å². The summed E-state index contributed by atoms with van der Waals surface area (Å²) in [4.78, 5) is 8.94. The minimum absolute atomic E-state index is 0.00161. The van der Waals surface area contributed by atoms with Crippen LogP contribution in [0.3, 0.4) is 0 Å². The number of benzene rings is 2. The Kier molecular flexibility index (Phi) is 5.66. The number of nitrogens with zero attached hydrogens (tertiary/aromatic N) is 5. The minimum atomic E-state index is -0.248. The zero-order valence-electron chi connectivity index (χ0n) is 18.0. The lowest BCUT2D eigenvalue weighted by Crippen LogP contribution is -2.05. The van der Waals surface area contributed by atoms with E-state index < -0.39 is 0 Å². The molecular formula is C24H24FN5O. The van der Waals surface area contributed by atoms with Crippen LogP contribution in [0.1, 0.15) is 41.3 Å². The molecule has 31 heavy (non-hydrogen) atoms. The van der Waals surface area contributed by atoms with Crippen LogP contribution in [0.2, 0.25) is 0 Å². The molecule has 2 heterocycles. The summed E-state index contributed by atoms with van der Waals surface area (Å²) >= 11 is 0. The number of imidazole rings is 1. The number of halogens is 1. The molecule has 0 aliphatic rings. The van der Waals surface area contributed by atoms with Gasteiger partial charge in [-0.2, -0.15) is 5.10 Å². The van der Waals surface area contributed by atoms with E-state index in [4.69, 9.17) is 4.74 Å². The van der Waals surface area contributed by atoms with Gasteiger partial charge in [0.2, 0.25) is 0 Å². The van der Waals surface area contributed by atoms with Crippen molar-refractivity contribution in [1.29, 1.82) is 0 Å². The summed E-state index contributed by atoms with van der Waals surface area (Å²) in [5.74, 6) is 1.92. The summed E-state index contributed by atoms with van der Waals surface area (Å²) in [7, 11) is 3.52. The maximum atomic E-state index is 13.2. The molecule has 7 heteroatoms. The van der Waals surface area contributed by atoms with Crippen LogP contribution in [0.25, 0.3) is 17.8 Å². The van der Waals surface area contributed by atoms with Gasteiger partial charge in [0.25, 0.3) is 0 Å². The zero-order chi connectivity index (χ0) is 22.0. The normalized spacial score (nSPS) is 12.4. The molecule has 0 fully saturated rings. The van der Waals surface area contributed by atoms with Gasteiger partial charge in [-0.05, 0) is 48.4 Å². The van der Waals surface area contributed by atoms with E-state index in [1.807, 2.05) is 62.0 Å². The third-order valence-electron chi connectivity index (χ3n) is 5.19. The molecule has 0 N–H and O–H groups in total. The number of aryl methyl sites for hydroxylation is 2. The van der Waals surface area contributed by atoms with Crippen molar-refractivity contribution in [2.45, 2.75) is 19.8 Å². The van der Waals surface area contributed by atoms with E-state index in [-0.39, 0.29) is 11.7 Å². The Bertz CT molecular complexity index is 1220.